The minimum Gasteiger partial charge on any atom is -0.464 e. The summed E-state index contributed by atoms with van der Waals surface area (Å²) >= 11 is 0. The SMILES string of the molecule is CN1CCC[C@@H](COc2nc(-c3ccc(C#N)cc3)c(-c3ccc(C=O)cc3)c3nccn23)C1. The molecule has 0 N–H and O–H groups in total. The van der Waals surface area contributed by atoms with Crippen LogP contribution in [0, 0.1) is 17.2 Å². The lowest BCUT2D eigenvalue weighted by Crippen LogP contribution is -2.35. The third kappa shape index (κ3) is 4.28. The molecule has 2 aromatic heterocycles. The normalized spacial score (nSPS) is 16.3. The van der Waals surface area contributed by atoms with Crippen LogP contribution in [0.25, 0.3) is 28.0 Å². The molecule has 1 aliphatic rings. The molecule has 1 saturated heterocycles. The van der Waals surface area contributed by atoms with E-state index in [-0.39, 0.29) is 0 Å². The van der Waals surface area contributed by atoms with Gasteiger partial charge in [-0.15, -0.1) is 0 Å². The van der Waals surface area contributed by atoms with E-state index in [1.165, 1.54) is 6.42 Å². The van der Waals surface area contributed by atoms with Gasteiger partial charge >= 0.3 is 6.01 Å². The fourth-order valence-electron chi connectivity index (χ4n) is 4.56. The first-order chi connectivity index (χ1) is 16.7. The number of imidazole rings is 1. The van der Waals surface area contributed by atoms with Crippen molar-refractivity contribution >= 4 is 11.9 Å². The molecule has 4 aromatic rings. The van der Waals surface area contributed by atoms with Crippen LogP contribution in [0.15, 0.2) is 60.9 Å². The number of rotatable bonds is 6. The van der Waals surface area contributed by atoms with Crippen molar-refractivity contribution in [1.82, 2.24) is 19.3 Å². The minimum absolute atomic E-state index is 0.452. The Balaban J connectivity index is 1.61. The molecule has 1 aliphatic heterocycles. The number of nitriles is 1. The number of nitrogens with zero attached hydrogens (tertiary/aromatic N) is 5. The Morgan fingerprint density at radius 1 is 1.15 bits per heavy atom. The van der Waals surface area contributed by atoms with Crippen LogP contribution < -0.4 is 4.74 Å². The maximum absolute atomic E-state index is 11.2. The van der Waals surface area contributed by atoms with Gasteiger partial charge in [0.1, 0.15) is 6.29 Å². The summed E-state index contributed by atoms with van der Waals surface area (Å²) in [5.41, 5.74) is 5.24. The number of aldehydes is 1. The van der Waals surface area contributed by atoms with Gasteiger partial charge in [-0.3, -0.25) is 9.20 Å². The van der Waals surface area contributed by atoms with Crippen LogP contribution in [0.4, 0.5) is 0 Å². The molecule has 1 fully saturated rings. The number of fused-ring (bicyclic) bond motifs is 1. The average molecular weight is 452 g/mol. The lowest BCUT2D eigenvalue weighted by atomic mass is 9.98. The Morgan fingerprint density at radius 2 is 1.91 bits per heavy atom. The second-order valence-corrected chi connectivity index (χ2v) is 8.75. The van der Waals surface area contributed by atoms with E-state index in [4.69, 9.17) is 9.72 Å². The molecule has 0 unspecified atom stereocenters. The van der Waals surface area contributed by atoms with Gasteiger partial charge in [0.15, 0.2) is 5.65 Å². The topological polar surface area (TPSA) is 83.5 Å². The second kappa shape index (κ2) is 9.46. The third-order valence-corrected chi connectivity index (χ3v) is 6.31. The first-order valence-corrected chi connectivity index (χ1v) is 11.4. The van der Waals surface area contributed by atoms with E-state index in [0.29, 0.717) is 29.7 Å². The van der Waals surface area contributed by atoms with Crippen LogP contribution in [0.3, 0.4) is 0 Å². The van der Waals surface area contributed by atoms with Gasteiger partial charge in [-0.25, -0.2) is 4.98 Å². The van der Waals surface area contributed by atoms with Crippen LogP contribution in [-0.4, -0.2) is 52.3 Å². The molecule has 3 heterocycles. The molecule has 7 heteroatoms. The monoisotopic (exact) mass is 451 g/mol. The molecule has 7 nitrogen and oxygen atoms in total. The summed E-state index contributed by atoms with van der Waals surface area (Å²) in [6.07, 6.45) is 6.74. The molecular formula is C27H25N5O2. The van der Waals surface area contributed by atoms with Crippen LogP contribution >= 0.6 is 0 Å². The molecule has 170 valence electrons. The smallest absolute Gasteiger partial charge is 0.302 e. The van der Waals surface area contributed by atoms with Crippen molar-refractivity contribution in [2.24, 2.45) is 5.92 Å². The Kier molecular flexibility index (Phi) is 6.07. The quantitative estimate of drug-likeness (QED) is 0.402. The van der Waals surface area contributed by atoms with Crippen molar-refractivity contribution in [3.63, 3.8) is 0 Å². The Labute approximate surface area is 198 Å². The molecule has 34 heavy (non-hydrogen) atoms. The van der Waals surface area contributed by atoms with Crippen LogP contribution in [0.5, 0.6) is 6.01 Å². The van der Waals surface area contributed by atoms with Crippen molar-refractivity contribution in [2.45, 2.75) is 12.8 Å². The number of hydrogen-bond acceptors (Lipinski definition) is 6. The summed E-state index contributed by atoms with van der Waals surface area (Å²) in [6, 6.07) is 17.4. The highest BCUT2D eigenvalue weighted by atomic mass is 16.5. The molecule has 0 radical (unpaired) electrons. The molecule has 5 rings (SSSR count). The summed E-state index contributed by atoms with van der Waals surface area (Å²) < 4.78 is 8.16. The van der Waals surface area contributed by atoms with E-state index in [1.807, 2.05) is 34.9 Å². The van der Waals surface area contributed by atoms with Crippen LogP contribution in [-0.2, 0) is 0 Å². The predicted octanol–water partition coefficient (Wildman–Crippen LogP) is 4.47. The molecule has 0 saturated carbocycles. The number of aromatic nitrogens is 3. The number of likely N-dealkylation sites (tertiary alicyclic amines) is 1. The van der Waals surface area contributed by atoms with Gasteiger partial charge in [0.2, 0.25) is 0 Å². The molecular weight excluding hydrogens is 426 g/mol. The summed E-state index contributed by atoms with van der Waals surface area (Å²) in [7, 11) is 2.15. The van der Waals surface area contributed by atoms with Gasteiger partial charge in [0, 0.05) is 36.0 Å². The highest BCUT2D eigenvalue weighted by molar-refractivity contribution is 5.91. The highest BCUT2D eigenvalue weighted by Crippen LogP contribution is 2.36. The lowest BCUT2D eigenvalue weighted by Gasteiger charge is -2.29. The molecule has 1 atom stereocenters. The molecule has 0 amide bonds. The number of carbonyl (C=O) groups is 1. The summed E-state index contributed by atoms with van der Waals surface area (Å²) in [5.74, 6) is 0.452. The van der Waals surface area contributed by atoms with Gasteiger partial charge in [-0.2, -0.15) is 10.2 Å². The van der Waals surface area contributed by atoms with E-state index in [0.717, 1.165) is 53.8 Å². The number of hydrogen-bond donors (Lipinski definition) is 0. The number of benzene rings is 2. The first kappa shape index (κ1) is 21.8. The van der Waals surface area contributed by atoms with Crippen molar-refractivity contribution in [1.29, 1.82) is 5.26 Å². The largest absolute Gasteiger partial charge is 0.464 e. The minimum atomic E-state index is 0.452. The van der Waals surface area contributed by atoms with Crippen molar-refractivity contribution in [3.8, 4) is 34.5 Å². The van der Waals surface area contributed by atoms with E-state index in [9.17, 15) is 10.1 Å². The standard InChI is InChI=1S/C27H25N5O2/c1-31-13-2-3-21(16-31)18-34-27-30-25(23-10-4-19(15-28)5-11-23)24(26-29-12-14-32(26)27)22-8-6-20(17-33)7-9-22/h4-12,14,17,21H,2-3,13,16,18H2,1H3/t21-/m1/s1. The predicted molar refractivity (Wildman–Crippen MR) is 130 cm³/mol. The highest BCUT2D eigenvalue weighted by Gasteiger charge is 2.22. The third-order valence-electron chi connectivity index (χ3n) is 6.31. The molecule has 2 aromatic carbocycles. The van der Waals surface area contributed by atoms with Gasteiger partial charge in [0.05, 0.1) is 29.5 Å². The van der Waals surface area contributed by atoms with Crippen molar-refractivity contribution in [2.75, 3.05) is 26.7 Å². The number of carbonyl (C=O) groups excluding carboxylic acids is 1. The Morgan fingerprint density at radius 3 is 2.62 bits per heavy atom. The fraction of sp³-hybridized carbons (Fsp3) is 0.259. The van der Waals surface area contributed by atoms with Gasteiger partial charge < -0.3 is 9.64 Å². The maximum Gasteiger partial charge on any atom is 0.302 e. The Hall–Kier alpha value is -4.02. The number of piperidine rings is 1. The summed E-state index contributed by atoms with van der Waals surface area (Å²) in [5, 5.41) is 9.22. The van der Waals surface area contributed by atoms with Crippen LogP contribution in [0.1, 0.15) is 28.8 Å². The zero-order chi connectivity index (χ0) is 23.5. The van der Waals surface area contributed by atoms with E-state index in [2.05, 4.69) is 23.0 Å². The lowest BCUT2D eigenvalue weighted by molar-refractivity contribution is 0.112. The van der Waals surface area contributed by atoms with Gasteiger partial charge in [-0.05, 0) is 44.1 Å². The van der Waals surface area contributed by atoms with Crippen LogP contribution in [0.2, 0.25) is 0 Å². The van der Waals surface area contributed by atoms with E-state index >= 15 is 0 Å². The zero-order valence-corrected chi connectivity index (χ0v) is 19.0. The van der Waals surface area contributed by atoms with E-state index < -0.39 is 0 Å². The molecule has 0 aliphatic carbocycles. The van der Waals surface area contributed by atoms with Gasteiger partial charge in [0.25, 0.3) is 0 Å². The second-order valence-electron chi connectivity index (χ2n) is 8.75. The molecule has 0 bridgehead atoms. The maximum atomic E-state index is 11.2. The van der Waals surface area contributed by atoms with Crippen molar-refractivity contribution < 1.29 is 9.53 Å². The first-order valence-electron chi connectivity index (χ1n) is 11.4. The van der Waals surface area contributed by atoms with Gasteiger partial charge in [-0.1, -0.05) is 36.4 Å². The number of ether oxygens (including phenoxy) is 1. The fourth-order valence-corrected chi connectivity index (χ4v) is 4.56. The Bertz CT molecular complexity index is 1350. The zero-order valence-electron chi connectivity index (χ0n) is 19.0. The summed E-state index contributed by atoms with van der Waals surface area (Å²) in [6.45, 7) is 2.72. The van der Waals surface area contributed by atoms with Crippen molar-refractivity contribution in [3.05, 3.63) is 72.1 Å². The molecule has 0 spiro atoms. The van der Waals surface area contributed by atoms with E-state index in [1.54, 1.807) is 30.5 Å². The average Bonchev–Trinajstić information content (AvgIpc) is 3.37. The summed E-state index contributed by atoms with van der Waals surface area (Å²) in [4.78, 5) is 23.1.